The molecule has 0 aliphatic carbocycles. The molecule has 0 radical (unpaired) electrons. The van der Waals surface area contributed by atoms with Gasteiger partial charge in [0.1, 0.15) is 5.65 Å². The Kier molecular flexibility index (Phi) is 3.48. The smallest absolute Gasteiger partial charge is 0.420 e. The minimum atomic E-state index is -4.49. The van der Waals surface area contributed by atoms with Crippen molar-refractivity contribution in [3.8, 4) is 11.1 Å². The SMILES string of the molecule is C=NCCc1cn2cc(-c3ccoc3)cc(C(F)(F)F)c2n1. The van der Waals surface area contributed by atoms with Gasteiger partial charge in [0.15, 0.2) is 0 Å². The van der Waals surface area contributed by atoms with E-state index in [0.717, 1.165) is 6.07 Å². The molecule has 0 aliphatic rings. The van der Waals surface area contributed by atoms with Crippen LogP contribution < -0.4 is 0 Å². The maximum Gasteiger partial charge on any atom is 0.420 e. The molecule has 3 heterocycles. The predicted octanol–water partition coefficient (Wildman–Crippen LogP) is 3.86. The number of rotatable bonds is 4. The summed E-state index contributed by atoms with van der Waals surface area (Å²) in [5.41, 5.74) is 0.653. The molecule has 3 rings (SSSR count). The minimum absolute atomic E-state index is 0.112. The van der Waals surface area contributed by atoms with Gasteiger partial charge in [-0.15, -0.1) is 0 Å². The molecule has 3 aromatic rings. The summed E-state index contributed by atoms with van der Waals surface area (Å²) in [5.74, 6) is 0. The van der Waals surface area contributed by atoms with E-state index in [2.05, 4.69) is 16.7 Å². The van der Waals surface area contributed by atoms with Gasteiger partial charge in [0, 0.05) is 36.5 Å². The van der Waals surface area contributed by atoms with Crippen LogP contribution in [0.5, 0.6) is 0 Å². The summed E-state index contributed by atoms with van der Waals surface area (Å²) in [7, 11) is 0. The summed E-state index contributed by atoms with van der Waals surface area (Å²) in [5, 5.41) is 0. The van der Waals surface area contributed by atoms with Gasteiger partial charge in [-0.05, 0) is 18.9 Å². The molecule has 0 saturated heterocycles. The molecule has 0 saturated carbocycles. The van der Waals surface area contributed by atoms with Crippen LogP contribution in [0.2, 0.25) is 0 Å². The molecule has 3 aromatic heterocycles. The van der Waals surface area contributed by atoms with E-state index in [1.165, 1.54) is 16.9 Å². The first kappa shape index (κ1) is 14.4. The van der Waals surface area contributed by atoms with Gasteiger partial charge in [-0.1, -0.05) is 0 Å². The number of nitrogens with zero attached hydrogens (tertiary/aromatic N) is 3. The van der Waals surface area contributed by atoms with Crippen molar-refractivity contribution in [2.75, 3.05) is 6.54 Å². The van der Waals surface area contributed by atoms with Crippen LogP contribution in [-0.4, -0.2) is 22.6 Å². The molecule has 0 bridgehead atoms. The standard InChI is InChI=1S/C15H12F3N3O/c1-19-4-2-12-8-21-7-11(10-3-5-22-9-10)6-13(14(21)20-12)15(16,17)18/h3,5-9H,1-2,4H2. The number of hydrogen-bond acceptors (Lipinski definition) is 3. The lowest BCUT2D eigenvalue weighted by molar-refractivity contribution is -0.136. The average molecular weight is 307 g/mol. The third-order valence-corrected chi connectivity index (χ3v) is 3.29. The molecule has 4 nitrogen and oxygen atoms in total. The first-order valence-corrected chi connectivity index (χ1v) is 6.53. The number of alkyl halides is 3. The number of aliphatic imine (C=N–C) groups is 1. The van der Waals surface area contributed by atoms with Crippen molar-refractivity contribution >= 4 is 12.4 Å². The fraction of sp³-hybridized carbons (Fsp3) is 0.200. The fourth-order valence-electron chi connectivity index (χ4n) is 2.26. The lowest BCUT2D eigenvalue weighted by Gasteiger charge is -2.10. The van der Waals surface area contributed by atoms with Gasteiger partial charge in [0.2, 0.25) is 0 Å². The van der Waals surface area contributed by atoms with Crippen LogP contribution in [0.1, 0.15) is 11.3 Å². The van der Waals surface area contributed by atoms with Gasteiger partial charge in [0.05, 0.1) is 23.8 Å². The molecule has 0 aromatic carbocycles. The second-order valence-electron chi connectivity index (χ2n) is 4.81. The molecular formula is C15H12F3N3O. The summed E-state index contributed by atoms with van der Waals surface area (Å²) in [6, 6.07) is 2.70. The van der Waals surface area contributed by atoms with Crippen molar-refractivity contribution in [2.45, 2.75) is 12.6 Å². The summed E-state index contributed by atoms with van der Waals surface area (Å²) >= 11 is 0. The summed E-state index contributed by atoms with van der Waals surface area (Å²) < 4.78 is 46.2. The van der Waals surface area contributed by atoms with Gasteiger partial charge >= 0.3 is 6.18 Å². The topological polar surface area (TPSA) is 42.8 Å². The van der Waals surface area contributed by atoms with Gasteiger partial charge in [0.25, 0.3) is 0 Å². The highest BCUT2D eigenvalue weighted by Crippen LogP contribution is 2.35. The number of imidazole rings is 1. The normalized spacial score (nSPS) is 12.0. The first-order chi connectivity index (χ1) is 10.5. The van der Waals surface area contributed by atoms with E-state index in [1.807, 2.05) is 0 Å². The van der Waals surface area contributed by atoms with Crippen molar-refractivity contribution in [1.82, 2.24) is 9.38 Å². The van der Waals surface area contributed by atoms with Crippen molar-refractivity contribution in [3.05, 3.63) is 48.3 Å². The second kappa shape index (κ2) is 5.32. The number of pyridine rings is 1. The number of aromatic nitrogens is 2. The Hall–Kier alpha value is -2.57. The zero-order valence-electron chi connectivity index (χ0n) is 11.5. The number of furan rings is 1. The molecule has 0 fully saturated rings. The molecule has 0 amide bonds. The van der Waals surface area contributed by atoms with E-state index in [0.29, 0.717) is 29.8 Å². The summed E-state index contributed by atoms with van der Waals surface area (Å²) in [6.45, 7) is 3.78. The van der Waals surface area contributed by atoms with E-state index in [1.54, 1.807) is 18.5 Å². The Morgan fingerprint density at radius 3 is 2.73 bits per heavy atom. The van der Waals surface area contributed by atoms with E-state index in [9.17, 15) is 13.2 Å². The molecular weight excluding hydrogens is 295 g/mol. The number of fused-ring (bicyclic) bond motifs is 1. The van der Waals surface area contributed by atoms with E-state index in [4.69, 9.17) is 4.42 Å². The fourth-order valence-corrected chi connectivity index (χ4v) is 2.26. The third kappa shape index (κ3) is 2.61. The Morgan fingerprint density at radius 2 is 2.09 bits per heavy atom. The highest BCUT2D eigenvalue weighted by Gasteiger charge is 2.34. The van der Waals surface area contributed by atoms with Crippen LogP contribution in [0, 0.1) is 0 Å². The van der Waals surface area contributed by atoms with Crippen LogP contribution >= 0.6 is 0 Å². The highest BCUT2D eigenvalue weighted by molar-refractivity contribution is 5.67. The molecule has 0 spiro atoms. The molecule has 114 valence electrons. The molecule has 0 atom stereocenters. The van der Waals surface area contributed by atoms with Crippen molar-refractivity contribution in [1.29, 1.82) is 0 Å². The first-order valence-electron chi connectivity index (χ1n) is 6.53. The monoisotopic (exact) mass is 307 g/mol. The van der Waals surface area contributed by atoms with Crippen LogP contribution in [0.3, 0.4) is 0 Å². The van der Waals surface area contributed by atoms with Gasteiger partial charge < -0.3 is 13.8 Å². The van der Waals surface area contributed by atoms with E-state index < -0.39 is 11.7 Å². The highest BCUT2D eigenvalue weighted by atomic mass is 19.4. The van der Waals surface area contributed by atoms with Crippen molar-refractivity contribution in [2.24, 2.45) is 4.99 Å². The Balaban J connectivity index is 2.18. The number of hydrogen-bond donors (Lipinski definition) is 0. The lowest BCUT2D eigenvalue weighted by Crippen LogP contribution is -2.08. The zero-order chi connectivity index (χ0) is 15.7. The zero-order valence-corrected chi connectivity index (χ0v) is 11.5. The van der Waals surface area contributed by atoms with Crippen LogP contribution in [-0.2, 0) is 12.6 Å². The van der Waals surface area contributed by atoms with Crippen molar-refractivity contribution < 1.29 is 17.6 Å². The third-order valence-electron chi connectivity index (χ3n) is 3.29. The number of halogens is 3. The Morgan fingerprint density at radius 1 is 1.27 bits per heavy atom. The maximum absolute atomic E-state index is 13.3. The Labute approximate surface area is 123 Å². The van der Waals surface area contributed by atoms with Crippen LogP contribution in [0.15, 0.2) is 46.5 Å². The molecule has 0 unspecified atom stereocenters. The largest absolute Gasteiger partial charge is 0.472 e. The lowest BCUT2D eigenvalue weighted by atomic mass is 10.1. The van der Waals surface area contributed by atoms with Crippen LogP contribution in [0.4, 0.5) is 13.2 Å². The predicted molar refractivity (Wildman–Crippen MR) is 76.0 cm³/mol. The maximum atomic E-state index is 13.3. The van der Waals surface area contributed by atoms with Crippen molar-refractivity contribution in [3.63, 3.8) is 0 Å². The van der Waals surface area contributed by atoms with E-state index >= 15 is 0 Å². The van der Waals surface area contributed by atoms with E-state index in [-0.39, 0.29) is 5.65 Å². The summed E-state index contributed by atoms with van der Waals surface area (Å²) in [4.78, 5) is 7.77. The van der Waals surface area contributed by atoms with Gasteiger partial charge in [-0.25, -0.2) is 4.98 Å². The van der Waals surface area contributed by atoms with Gasteiger partial charge in [-0.2, -0.15) is 13.2 Å². The summed E-state index contributed by atoms with van der Waals surface area (Å²) in [6.07, 6.45) is 1.97. The Bertz CT molecular complexity index is 803. The minimum Gasteiger partial charge on any atom is -0.472 e. The van der Waals surface area contributed by atoms with Crippen LogP contribution in [0.25, 0.3) is 16.8 Å². The molecule has 22 heavy (non-hydrogen) atoms. The average Bonchev–Trinajstić information content (AvgIpc) is 3.11. The second-order valence-corrected chi connectivity index (χ2v) is 4.81. The quantitative estimate of drug-likeness (QED) is 0.687. The van der Waals surface area contributed by atoms with Gasteiger partial charge in [-0.3, -0.25) is 0 Å². The molecule has 7 heteroatoms. The molecule has 0 aliphatic heterocycles. The molecule has 0 N–H and O–H groups in total.